The Morgan fingerprint density at radius 1 is 1.45 bits per heavy atom. The zero-order chi connectivity index (χ0) is 8.91. The van der Waals surface area contributed by atoms with E-state index >= 15 is 0 Å². The predicted molar refractivity (Wildman–Crippen MR) is 40.2 cm³/mol. The summed E-state index contributed by atoms with van der Waals surface area (Å²) in [5, 5.41) is 0. The van der Waals surface area contributed by atoms with Gasteiger partial charge in [-0.25, -0.2) is 8.42 Å². The molecular formula is C5H13NO4S. The molecule has 5 nitrogen and oxygen atoms in total. The van der Waals surface area contributed by atoms with Gasteiger partial charge in [0, 0.05) is 0 Å². The van der Waals surface area contributed by atoms with Crippen molar-refractivity contribution in [2.75, 3.05) is 20.1 Å². The van der Waals surface area contributed by atoms with Gasteiger partial charge >= 0.3 is 1.43 Å². The van der Waals surface area contributed by atoms with Crippen LogP contribution in [0.5, 0.6) is 0 Å². The summed E-state index contributed by atoms with van der Waals surface area (Å²) < 4.78 is 32.8. The minimum atomic E-state index is -4.92. The maximum absolute atomic E-state index is 8.63. The molecule has 0 atom stereocenters. The second kappa shape index (κ2) is 4.66. The van der Waals surface area contributed by atoms with Gasteiger partial charge in [-0.1, -0.05) is 0 Å². The van der Waals surface area contributed by atoms with Crippen LogP contribution >= 0.6 is 0 Å². The smallest absolute Gasteiger partial charge is 0.726 e. The molecule has 1 heterocycles. The van der Waals surface area contributed by atoms with E-state index in [4.69, 9.17) is 17.5 Å². The van der Waals surface area contributed by atoms with Crippen LogP contribution in [0.4, 0.5) is 0 Å². The van der Waals surface area contributed by atoms with Crippen LogP contribution in [0.2, 0.25) is 0 Å². The van der Waals surface area contributed by atoms with Crippen molar-refractivity contribution in [1.82, 2.24) is 4.90 Å². The van der Waals surface area contributed by atoms with Crippen molar-refractivity contribution in [1.29, 1.82) is 0 Å². The lowest BCUT2D eigenvalue weighted by Gasteiger charge is -2.01. The van der Waals surface area contributed by atoms with Crippen LogP contribution in [0.1, 0.15) is 14.3 Å². The minimum Gasteiger partial charge on any atom is -0.726 e. The molecule has 6 heteroatoms. The number of rotatable bonds is 0. The van der Waals surface area contributed by atoms with Crippen molar-refractivity contribution in [2.24, 2.45) is 0 Å². The van der Waals surface area contributed by atoms with Gasteiger partial charge in [0.25, 0.3) is 0 Å². The molecular weight excluding hydrogens is 170 g/mol. The molecule has 1 rings (SSSR count). The SMILES string of the molecule is CN1CCCC1.O=S(=O)([O-])O.[H+]. The average molecular weight is 183 g/mol. The van der Waals surface area contributed by atoms with Crippen LogP contribution in [0.3, 0.4) is 0 Å². The van der Waals surface area contributed by atoms with Crippen molar-refractivity contribution in [3.63, 3.8) is 0 Å². The van der Waals surface area contributed by atoms with Crippen molar-refractivity contribution < 1.29 is 18.9 Å². The van der Waals surface area contributed by atoms with E-state index in [1.54, 1.807) is 0 Å². The third-order valence-corrected chi connectivity index (χ3v) is 1.33. The summed E-state index contributed by atoms with van der Waals surface area (Å²) in [6, 6.07) is 0. The van der Waals surface area contributed by atoms with Crippen LogP contribution in [0.25, 0.3) is 0 Å². The molecule has 1 aliphatic rings. The highest BCUT2D eigenvalue weighted by Gasteiger charge is 2.03. The van der Waals surface area contributed by atoms with Crippen LogP contribution < -0.4 is 0 Å². The number of hydrogen-bond donors (Lipinski definition) is 1. The van der Waals surface area contributed by atoms with Crippen molar-refractivity contribution in [3.8, 4) is 0 Å². The molecule has 0 unspecified atom stereocenters. The summed E-state index contributed by atoms with van der Waals surface area (Å²) in [6.45, 7) is 2.64. The molecule has 1 N–H and O–H groups in total. The Labute approximate surface area is 68.1 Å². The highest BCUT2D eigenvalue weighted by Crippen LogP contribution is 2.01. The first-order chi connectivity index (χ1) is 4.89. The van der Waals surface area contributed by atoms with Crippen LogP contribution in [0, 0.1) is 0 Å². The fourth-order valence-electron chi connectivity index (χ4n) is 0.875. The summed E-state index contributed by atoms with van der Waals surface area (Å²) in [5.41, 5.74) is 0. The number of likely N-dealkylation sites (tertiary alicyclic amines) is 1. The van der Waals surface area contributed by atoms with Gasteiger partial charge in [-0.3, -0.25) is 4.55 Å². The highest BCUT2D eigenvalue weighted by molar-refractivity contribution is 7.79. The van der Waals surface area contributed by atoms with Gasteiger partial charge in [-0.2, -0.15) is 0 Å². The Hall–Kier alpha value is -0.170. The molecule has 0 aromatic carbocycles. The van der Waals surface area contributed by atoms with Gasteiger partial charge in [-0.05, 0) is 33.0 Å². The second-order valence-electron chi connectivity index (χ2n) is 2.44. The average Bonchev–Trinajstić information content (AvgIpc) is 2.12. The van der Waals surface area contributed by atoms with E-state index in [1.165, 1.54) is 25.9 Å². The van der Waals surface area contributed by atoms with Crippen molar-refractivity contribution >= 4 is 10.4 Å². The molecule has 0 amide bonds. The molecule has 0 aromatic heterocycles. The monoisotopic (exact) mass is 183 g/mol. The van der Waals surface area contributed by atoms with Crippen LogP contribution in [-0.2, 0) is 10.4 Å². The van der Waals surface area contributed by atoms with E-state index in [1.807, 2.05) is 0 Å². The first kappa shape index (κ1) is 10.8. The second-order valence-corrected chi connectivity index (χ2v) is 3.29. The largest absolute Gasteiger partial charge is 1.00 e. The molecule has 1 saturated heterocycles. The van der Waals surface area contributed by atoms with E-state index in [9.17, 15) is 0 Å². The zero-order valence-corrected chi connectivity index (χ0v) is 7.17. The van der Waals surface area contributed by atoms with Gasteiger partial charge in [0.15, 0.2) is 0 Å². The summed E-state index contributed by atoms with van der Waals surface area (Å²) in [4.78, 5) is 2.36. The Morgan fingerprint density at radius 3 is 1.82 bits per heavy atom. The molecule has 1 fully saturated rings. The van der Waals surface area contributed by atoms with Gasteiger partial charge in [0.1, 0.15) is 0 Å². The van der Waals surface area contributed by atoms with Gasteiger partial charge in [0.05, 0.1) is 0 Å². The lowest BCUT2D eigenvalue weighted by molar-refractivity contribution is 0.366. The van der Waals surface area contributed by atoms with E-state index in [-0.39, 0.29) is 1.43 Å². The third-order valence-electron chi connectivity index (χ3n) is 1.33. The fourth-order valence-corrected chi connectivity index (χ4v) is 0.875. The van der Waals surface area contributed by atoms with Gasteiger partial charge in [-0.15, -0.1) is 0 Å². The van der Waals surface area contributed by atoms with E-state index < -0.39 is 10.4 Å². The summed E-state index contributed by atoms with van der Waals surface area (Å²) in [7, 11) is -2.74. The first-order valence-corrected chi connectivity index (χ1v) is 4.63. The lowest BCUT2D eigenvalue weighted by Crippen LogP contribution is -2.10. The Kier molecular flexibility index (Phi) is 4.58. The van der Waals surface area contributed by atoms with Gasteiger partial charge < -0.3 is 9.45 Å². The maximum Gasteiger partial charge on any atom is 1.00 e. The Balaban J connectivity index is 0. The molecule has 0 saturated carbocycles. The molecule has 11 heavy (non-hydrogen) atoms. The topological polar surface area (TPSA) is 80.7 Å². The van der Waals surface area contributed by atoms with Crippen molar-refractivity contribution in [3.05, 3.63) is 0 Å². The molecule has 0 aromatic rings. The van der Waals surface area contributed by atoms with Gasteiger partial charge in [0.2, 0.25) is 10.4 Å². The summed E-state index contributed by atoms with van der Waals surface area (Å²) >= 11 is 0. The first-order valence-electron chi connectivity index (χ1n) is 3.26. The van der Waals surface area contributed by atoms with Crippen LogP contribution in [-0.4, -0.2) is 42.6 Å². The number of nitrogens with zero attached hydrogens (tertiary/aromatic N) is 1. The summed E-state index contributed by atoms with van der Waals surface area (Å²) in [5.74, 6) is 0. The zero-order valence-electron chi connectivity index (χ0n) is 7.36. The minimum absolute atomic E-state index is 0. The third kappa shape index (κ3) is 12.9. The predicted octanol–water partition coefficient (Wildman–Crippen LogP) is -0.171. The Morgan fingerprint density at radius 2 is 1.73 bits per heavy atom. The van der Waals surface area contributed by atoms with E-state index in [0.29, 0.717) is 0 Å². The molecule has 0 aliphatic carbocycles. The Bertz CT molecular complexity index is 180. The maximum atomic E-state index is 8.63. The van der Waals surface area contributed by atoms with Crippen LogP contribution in [0.15, 0.2) is 0 Å². The standard InChI is InChI=1S/C5H11N.H2O4S/c1-6-4-2-3-5-6;1-5(2,3)4/h2-5H2,1H3;(H2,1,2,3,4). The van der Waals surface area contributed by atoms with E-state index in [2.05, 4.69) is 11.9 Å². The molecule has 1 aliphatic heterocycles. The normalized spacial score (nSPS) is 19.2. The van der Waals surface area contributed by atoms with E-state index in [0.717, 1.165) is 0 Å². The van der Waals surface area contributed by atoms with Crippen molar-refractivity contribution in [2.45, 2.75) is 12.8 Å². The lowest BCUT2D eigenvalue weighted by atomic mass is 10.4. The molecule has 0 spiro atoms. The number of hydrogen-bond acceptors (Lipinski definition) is 4. The fraction of sp³-hybridized carbons (Fsp3) is 1.00. The molecule has 0 bridgehead atoms. The molecule has 68 valence electrons. The molecule has 0 radical (unpaired) electrons. The quantitative estimate of drug-likeness (QED) is 0.416. The highest BCUT2D eigenvalue weighted by atomic mass is 32.3. The summed E-state index contributed by atoms with van der Waals surface area (Å²) in [6.07, 6.45) is 2.83.